The Morgan fingerprint density at radius 3 is 2.60 bits per heavy atom. The Balaban J connectivity index is 2.62. The van der Waals surface area contributed by atoms with Crippen LogP contribution in [-0.2, 0) is 0 Å². The van der Waals surface area contributed by atoms with Gasteiger partial charge in [0.2, 0.25) is 0 Å². The van der Waals surface area contributed by atoms with Gasteiger partial charge >= 0.3 is 0 Å². The topological polar surface area (TPSA) is 81.9 Å². The van der Waals surface area contributed by atoms with Crippen molar-refractivity contribution < 1.29 is 0 Å². The second kappa shape index (κ2) is 3.34. The molecule has 0 unspecified atom stereocenters. The summed E-state index contributed by atoms with van der Waals surface area (Å²) in [6.45, 7) is 4.08. The van der Waals surface area contributed by atoms with Crippen LogP contribution in [0.15, 0.2) is 18.3 Å². The molecule has 0 saturated carbocycles. The fourth-order valence-corrected chi connectivity index (χ4v) is 1.53. The van der Waals surface area contributed by atoms with Gasteiger partial charge in [0.05, 0.1) is 11.9 Å². The van der Waals surface area contributed by atoms with Gasteiger partial charge < -0.3 is 16.9 Å². The van der Waals surface area contributed by atoms with Crippen molar-refractivity contribution in [2.45, 2.75) is 19.9 Å². The Kier molecular flexibility index (Phi) is 2.15. The molecule has 0 spiro atoms. The third-order valence-electron chi connectivity index (χ3n) is 2.18. The van der Waals surface area contributed by atoms with Crippen LogP contribution in [0.3, 0.4) is 0 Å². The molecule has 0 atom stereocenters. The number of nitrogens with zero attached hydrogens (tertiary/aromatic N) is 2. The Morgan fingerprint density at radius 2 is 1.93 bits per heavy atom. The second-order valence-electron chi connectivity index (χ2n) is 3.85. The fraction of sp³-hybridized carbons (Fsp3) is 0.300. The number of benzene rings is 1. The number of nitrogens with two attached hydrogens (primary N) is 2. The molecule has 5 heteroatoms. The van der Waals surface area contributed by atoms with Crippen LogP contribution in [0, 0.1) is 0 Å². The van der Waals surface area contributed by atoms with E-state index in [0.29, 0.717) is 11.4 Å². The van der Waals surface area contributed by atoms with Crippen molar-refractivity contribution in [2.24, 2.45) is 0 Å². The van der Waals surface area contributed by atoms with Gasteiger partial charge in [0.1, 0.15) is 5.52 Å². The van der Waals surface area contributed by atoms with E-state index in [1.807, 2.05) is 13.8 Å². The predicted octanol–water partition coefficient (Wildman–Crippen LogP) is 1.15. The standard InChI is InChI=1S/C10H15N5/c1-6(2)14-15-10-7(5-13-15)8(11)3-4-9(10)12/h3-6,14H,11-12H2,1-2H3. The van der Waals surface area contributed by atoms with Crippen molar-refractivity contribution in [1.82, 2.24) is 9.89 Å². The molecule has 5 nitrogen and oxygen atoms in total. The Morgan fingerprint density at radius 1 is 1.27 bits per heavy atom. The summed E-state index contributed by atoms with van der Waals surface area (Å²) < 4.78 is 0. The minimum absolute atomic E-state index is 0.286. The average Bonchev–Trinajstić information content (AvgIpc) is 2.56. The third kappa shape index (κ3) is 1.56. The molecule has 0 aliphatic heterocycles. The molecule has 1 heterocycles. The van der Waals surface area contributed by atoms with E-state index in [9.17, 15) is 0 Å². The third-order valence-corrected chi connectivity index (χ3v) is 2.18. The zero-order chi connectivity index (χ0) is 11.0. The van der Waals surface area contributed by atoms with Gasteiger partial charge in [-0.15, -0.1) is 0 Å². The first-order valence-corrected chi connectivity index (χ1v) is 4.88. The van der Waals surface area contributed by atoms with Gasteiger partial charge in [-0.2, -0.15) is 9.89 Å². The lowest BCUT2D eigenvalue weighted by Gasteiger charge is -2.11. The van der Waals surface area contributed by atoms with E-state index >= 15 is 0 Å². The highest BCUT2D eigenvalue weighted by atomic mass is 15.6. The molecule has 2 aromatic rings. The van der Waals surface area contributed by atoms with Crippen molar-refractivity contribution in [2.75, 3.05) is 16.9 Å². The number of hydrogen-bond donors (Lipinski definition) is 3. The highest BCUT2D eigenvalue weighted by molar-refractivity contribution is 5.97. The minimum Gasteiger partial charge on any atom is -0.398 e. The smallest absolute Gasteiger partial charge is 0.117 e. The Labute approximate surface area is 88.0 Å². The Bertz CT molecular complexity index is 486. The first-order valence-electron chi connectivity index (χ1n) is 4.88. The molecule has 0 fully saturated rings. The molecule has 0 amide bonds. The Hall–Kier alpha value is -1.91. The SMILES string of the molecule is CC(C)Nn1ncc2c(N)ccc(N)c21. The van der Waals surface area contributed by atoms with E-state index < -0.39 is 0 Å². The van der Waals surface area contributed by atoms with Gasteiger partial charge in [-0.25, -0.2) is 0 Å². The van der Waals surface area contributed by atoms with Crippen molar-refractivity contribution >= 4 is 22.3 Å². The van der Waals surface area contributed by atoms with Gasteiger partial charge in [-0.05, 0) is 26.0 Å². The average molecular weight is 205 g/mol. The number of rotatable bonds is 2. The van der Waals surface area contributed by atoms with E-state index in [0.717, 1.165) is 10.9 Å². The maximum atomic E-state index is 5.89. The molecule has 0 aliphatic carbocycles. The maximum Gasteiger partial charge on any atom is 0.117 e. The molecule has 80 valence electrons. The molecule has 1 aromatic carbocycles. The van der Waals surface area contributed by atoms with Crippen molar-refractivity contribution in [3.63, 3.8) is 0 Å². The quantitative estimate of drug-likeness (QED) is 0.642. The predicted molar refractivity (Wildman–Crippen MR) is 63.1 cm³/mol. The molecule has 0 saturated heterocycles. The molecule has 0 radical (unpaired) electrons. The van der Waals surface area contributed by atoms with E-state index in [1.54, 1.807) is 23.1 Å². The minimum atomic E-state index is 0.286. The molecule has 5 N–H and O–H groups in total. The summed E-state index contributed by atoms with van der Waals surface area (Å²) in [4.78, 5) is 1.67. The molecule has 2 rings (SSSR count). The van der Waals surface area contributed by atoms with Gasteiger partial charge in [-0.3, -0.25) is 0 Å². The summed E-state index contributed by atoms with van der Waals surface area (Å²) in [7, 11) is 0. The number of fused-ring (bicyclic) bond motifs is 1. The highest BCUT2D eigenvalue weighted by Gasteiger charge is 2.09. The summed E-state index contributed by atoms with van der Waals surface area (Å²) >= 11 is 0. The summed E-state index contributed by atoms with van der Waals surface area (Å²) in [5.41, 5.74) is 17.1. The zero-order valence-corrected chi connectivity index (χ0v) is 8.86. The number of nitrogen functional groups attached to an aromatic ring is 2. The zero-order valence-electron chi connectivity index (χ0n) is 8.86. The molecule has 0 aliphatic rings. The van der Waals surface area contributed by atoms with Crippen LogP contribution in [0.5, 0.6) is 0 Å². The fourth-order valence-electron chi connectivity index (χ4n) is 1.53. The van der Waals surface area contributed by atoms with E-state index in [4.69, 9.17) is 11.5 Å². The summed E-state index contributed by atoms with van der Waals surface area (Å²) in [6, 6.07) is 3.87. The molecule has 0 bridgehead atoms. The van der Waals surface area contributed by atoms with Gasteiger partial charge in [0, 0.05) is 17.1 Å². The normalized spacial score (nSPS) is 11.1. The van der Waals surface area contributed by atoms with Crippen LogP contribution >= 0.6 is 0 Å². The monoisotopic (exact) mass is 205 g/mol. The van der Waals surface area contributed by atoms with Crippen molar-refractivity contribution in [3.8, 4) is 0 Å². The van der Waals surface area contributed by atoms with Crippen LogP contribution in [0.4, 0.5) is 11.4 Å². The number of nitrogens with one attached hydrogen (secondary N) is 1. The summed E-state index contributed by atoms with van der Waals surface area (Å²) in [6.07, 6.45) is 1.72. The number of hydrogen-bond acceptors (Lipinski definition) is 4. The number of anilines is 2. The first-order chi connectivity index (χ1) is 7.09. The van der Waals surface area contributed by atoms with Gasteiger partial charge in [0.15, 0.2) is 0 Å². The lowest BCUT2D eigenvalue weighted by atomic mass is 10.2. The van der Waals surface area contributed by atoms with Gasteiger partial charge in [-0.1, -0.05) is 0 Å². The van der Waals surface area contributed by atoms with Crippen molar-refractivity contribution in [3.05, 3.63) is 18.3 Å². The molecular formula is C10H15N5. The van der Waals surface area contributed by atoms with Crippen LogP contribution < -0.4 is 16.9 Å². The second-order valence-corrected chi connectivity index (χ2v) is 3.85. The van der Waals surface area contributed by atoms with Crippen LogP contribution in [0.25, 0.3) is 10.9 Å². The van der Waals surface area contributed by atoms with Crippen molar-refractivity contribution in [1.29, 1.82) is 0 Å². The largest absolute Gasteiger partial charge is 0.398 e. The van der Waals surface area contributed by atoms with Crippen LogP contribution in [-0.4, -0.2) is 15.9 Å². The highest BCUT2D eigenvalue weighted by Crippen LogP contribution is 2.25. The molecular weight excluding hydrogens is 190 g/mol. The van der Waals surface area contributed by atoms with Crippen LogP contribution in [0.1, 0.15) is 13.8 Å². The van der Waals surface area contributed by atoms with E-state index in [1.165, 1.54) is 0 Å². The lowest BCUT2D eigenvalue weighted by Crippen LogP contribution is -2.23. The van der Waals surface area contributed by atoms with Gasteiger partial charge in [0.25, 0.3) is 0 Å². The molecule has 15 heavy (non-hydrogen) atoms. The summed E-state index contributed by atoms with van der Waals surface area (Å²) in [5, 5.41) is 5.08. The van der Waals surface area contributed by atoms with Crippen LogP contribution in [0.2, 0.25) is 0 Å². The molecule has 1 aromatic heterocycles. The summed E-state index contributed by atoms with van der Waals surface area (Å²) in [5.74, 6) is 0. The van der Waals surface area contributed by atoms with E-state index in [-0.39, 0.29) is 6.04 Å². The lowest BCUT2D eigenvalue weighted by molar-refractivity contribution is 0.686. The number of aromatic nitrogens is 2. The maximum absolute atomic E-state index is 5.89. The van der Waals surface area contributed by atoms with E-state index in [2.05, 4.69) is 10.5 Å². The first kappa shape index (κ1) is 9.64.